The van der Waals surface area contributed by atoms with Crippen LogP contribution in [0, 0.1) is 5.92 Å². The minimum atomic E-state index is -0.278. The van der Waals surface area contributed by atoms with Crippen molar-refractivity contribution < 1.29 is 24.1 Å². The van der Waals surface area contributed by atoms with Crippen LogP contribution >= 0.6 is 0 Å². The Morgan fingerprint density at radius 1 is 1.23 bits per heavy atom. The Balaban J connectivity index is 2.05. The lowest BCUT2D eigenvalue weighted by Crippen LogP contribution is -2.14. The maximum Gasteiger partial charge on any atom is 0.333 e. The maximum atomic E-state index is 11.8. The third-order valence-corrected chi connectivity index (χ3v) is 3.47. The van der Waals surface area contributed by atoms with Gasteiger partial charge >= 0.3 is 5.97 Å². The number of ether oxygens (including phenoxy) is 3. The van der Waals surface area contributed by atoms with Crippen LogP contribution in [0.5, 0.6) is 0 Å². The molecule has 5 heteroatoms. The van der Waals surface area contributed by atoms with Gasteiger partial charge in [-0.2, -0.15) is 0 Å². The van der Waals surface area contributed by atoms with E-state index in [-0.39, 0.29) is 19.2 Å². The Bertz CT molecular complexity index is 362. The van der Waals surface area contributed by atoms with Crippen LogP contribution in [0.1, 0.15) is 32.6 Å². The normalized spacial score (nSPS) is 18.5. The van der Waals surface area contributed by atoms with Crippen LogP contribution in [0.2, 0.25) is 0 Å². The van der Waals surface area contributed by atoms with Gasteiger partial charge in [0, 0.05) is 5.57 Å². The molecule has 0 radical (unpaired) electrons. The lowest BCUT2D eigenvalue weighted by Gasteiger charge is -2.14. The Morgan fingerprint density at radius 2 is 1.95 bits per heavy atom. The lowest BCUT2D eigenvalue weighted by atomic mass is 9.92. The molecule has 0 aliphatic heterocycles. The lowest BCUT2D eigenvalue weighted by molar-refractivity contribution is -0.140. The van der Waals surface area contributed by atoms with Crippen molar-refractivity contribution in [2.45, 2.75) is 32.6 Å². The molecule has 5 nitrogen and oxygen atoms in total. The van der Waals surface area contributed by atoms with Gasteiger partial charge < -0.3 is 19.3 Å². The number of hydrogen-bond acceptors (Lipinski definition) is 5. The van der Waals surface area contributed by atoms with Crippen molar-refractivity contribution in [1.29, 1.82) is 0 Å². The van der Waals surface area contributed by atoms with Gasteiger partial charge in [-0.15, -0.1) is 0 Å². The molecular formula is C17H28O5. The molecule has 0 fully saturated rings. The van der Waals surface area contributed by atoms with Crippen molar-refractivity contribution in [2.75, 3.05) is 39.6 Å². The second kappa shape index (κ2) is 12.4. The molecule has 0 spiro atoms. The molecule has 1 unspecified atom stereocenters. The van der Waals surface area contributed by atoms with Gasteiger partial charge in [0.15, 0.2) is 0 Å². The van der Waals surface area contributed by atoms with E-state index in [2.05, 4.69) is 12.2 Å². The predicted molar refractivity (Wildman–Crippen MR) is 84.5 cm³/mol. The second-order valence-corrected chi connectivity index (χ2v) is 5.33. The third kappa shape index (κ3) is 8.97. The molecule has 1 aliphatic rings. The molecule has 0 aromatic rings. The molecule has 0 saturated heterocycles. The van der Waals surface area contributed by atoms with E-state index in [4.69, 9.17) is 19.3 Å². The zero-order valence-corrected chi connectivity index (χ0v) is 13.5. The zero-order chi connectivity index (χ0) is 16.0. The fraction of sp³-hybridized carbons (Fsp3) is 0.706. The van der Waals surface area contributed by atoms with Crippen LogP contribution in [-0.4, -0.2) is 50.7 Å². The van der Waals surface area contributed by atoms with Crippen LogP contribution in [0.4, 0.5) is 0 Å². The summed E-state index contributed by atoms with van der Waals surface area (Å²) >= 11 is 0. The number of hydrogen-bond donors (Lipinski definition) is 1. The molecule has 0 heterocycles. The molecule has 1 rings (SSSR count). The topological polar surface area (TPSA) is 65.0 Å². The summed E-state index contributed by atoms with van der Waals surface area (Å²) in [6.45, 7) is 3.58. The van der Waals surface area contributed by atoms with Crippen molar-refractivity contribution >= 4 is 5.97 Å². The Labute approximate surface area is 132 Å². The summed E-state index contributed by atoms with van der Waals surface area (Å²) < 4.78 is 15.4. The van der Waals surface area contributed by atoms with E-state index in [0.29, 0.717) is 37.9 Å². The van der Waals surface area contributed by atoms with Gasteiger partial charge in [-0.1, -0.05) is 18.2 Å². The summed E-state index contributed by atoms with van der Waals surface area (Å²) in [5.41, 5.74) is 0.658. The van der Waals surface area contributed by atoms with Crippen molar-refractivity contribution in [3.63, 3.8) is 0 Å². The molecule has 0 amide bonds. The summed E-state index contributed by atoms with van der Waals surface area (Å²) in [6.07, 6.45) is 10.9. The van der Waals surface area contributed by atoms with Gasteiger partial charge in [-0.25, -0.2) is 4.79 Å². The average Bonchev–Trinajstić information content (AvgIpc) is 2.55. The number of esters is 1. The van der Waals surface area contributed by atoms with E-state index in [1.165, 1.54) is 19.3 Å². The molecule has 0 aromatic carbocycles. The van der Waals surface area contributed by atoms with Crippen molar-refractivity contribution in [1.82, 2.24) is 0 Å². The van der Waals surface area contributed by atoms with Crippen LogP contribution in [0.25, 0.3) is 0 Å². The minimum Gasteiger partial charge on any atom is -0.460 e. The highest BCUT2D eigenvalue weighted by molar-refractivity contribution is 5.87. The van der Waals surface area contributed by atoms with E-state index >= 15 is 0 Å². The summed E-state index contributed by atoms with van der Waals surface area (Å²) in [7, 11) is 0. The maximum absolute atomic E-state index is 11.8. The highest BCUT2D eigenvalue weighted by Crippen LogP contribution is 2.21. The van der Waals surface area contributed by atoms with Gasteiger partial charge in [-0.3, -0.25) is 0 Å². The van der Waals surface area contributed by atoms with Gasteiger partial charge in [0.2, 0.25) is 0 Å². The quantitative estimate of drug-likeness (QED) is 0.274. The molecule has 1 aliphatic carbocycles. The molecule has 1 N–H and O–H groups in total. The van der Waals surface area contributed by atoms with Crippen LogP contribution in [0.15, 0.2) is 23.8 Å². The van der Waals surface area contributed by atoms with E-state index in [1.54, 1.807) is 6.92 Å². The van der Waals surface area contributed by atoms with E-state index < -0.39 is 0 Å². The van der Waals surface area contributed by atoms with Gasteiger partial charge in [0.1, 0.15) is 6.61 Å². The van der Waals surface area contributed by atoms with E-state index in [0.717, 1.165) is 6.42 Å². The fourth-order valence-corrected chi connectivity index (χ4v) is 2.18. The smallest absolute Gasteiger partial charge is 0.333 e. The standard InChI is InChI=1S/C17H28O5/c1-15(7-8-16-5-3-2-4-6-16)17(19)22-14-13-21-12-11-20-10-9-18/h3,5,7,16,18H,2,4,6,8-14H2,1H3. The third-order valence-electron chi connectivity index (χ3n) is 3.47. The molecule has 22 heavy (non-hydrogen) atoms. The first kappa shape index (κ1) is 18.9. The Hall–Kier alpha value is -1.17. The molecule has 0 saturated carbocycles. The first-order valence-corrected chi connectivity index (χ1v) is 8.01. The average molecular weight is 312 g/mol. The zero-order valence-electron chi connectivity index (χ0n) is 13.5. The van der Waals surface area contributed by atoms with Gasteiger partial charge in [0.05, 0.1) is 33.0 Å². The van der Waals surface area contributed by atoms with Crippen LogP contribution in [0.3, 0.4) is 0 Å². The second-order valence-electron chi connectivity index (χ2n) is 5.33. The summed E-state index contributed by atoms with van der Waals surface area (Å²) in [5.74, 6) is 0.277. The van der Waals surface area contributed by atoms with Crippen molar-refractivity contribution in [3.05, 3.63) is 23.8 Å². The number of carbonyl (C=O) groups excluding carboxylic acids is 1. The highest BCUT2D eigenvalue weighted by Gasteiger charge is 2.09. The predicted octanol–water partition coefficient (Wildman–Crippen LogP) is 2.25. The molecule has 0 bridgehead atoms. The van der Waals surface area contributed by atoms with E-state index in [1.807, 2.05) is 6.08 Å². The van der Waals surface area contributed by atoms with Gasteiger partial charge in [0.25, 0.3) is 0 Å². The summed E-state index contributed by atoms with van der Waals surface area (Å²) in [4.78, 5) is 11.8. The number of allylic oxidation sites excluding steroid dienone is 3. The number of rotatable bonds is 11. The molecule has 126 valence electrons. The van der Waals surface area contributed by atoms with Crippen LogP contribution in [-0.2, 0) is 19.0 Å². The molecule has 0 aromatic heterocycles. The molecular weight excluding hydrogens is 284 g/mol. The number of aliphatic hydroxyl groups excluding tert-OH is 1. The van der Waals surface area contributed by atoms with Crippen LogP contribution < -0.4 is 0 Å². The Morgan fingerprint density at radius 3 is 2.64 bits per heavy atom. The Kier molecular flexibility index (Phi) is 10.6. The largest absolute Gasteiger partial charge is 0.460 e. The summed E-state index contributed by atoms with van der Waals surface area (Å²) in [6, 6.07) is 0. The molecule has 1 atom stereocenters. The first-order chi connectivity index (χ1) is 10.7. The van der Waals surface area contributed by atoms with E-state index in [9.17, 15) is 4.79 Å². The number of carbonyl (C=O) groups is 1. The monoisotopic (exact) mass is 312 g/mol. The van der Waals surface area contributed by atoms with Crippen molar-refractivity contribution in [3.8, 4) is 0 Å². The minimum absolute atomic E-state index is 0.0138. The van der Waals surface area contributed by atoms with Crippen molar-refractivity contribution in [2.24, 2.45) is 5.92 Å². The highest BCUT2D eigenvalue weighted by atomic mass is 16.6. The fourth-order valence-electron chi connectivity index (χ4n) is 2.18. The SMILES string of the molecule is CC(=CCC1C=CCCC1)C(=O)OCCOCCOCCO. The first-order valence-electron chi connectivity index (χ1n) is 8.01. The van der Waals surface area contributed by atoms with Gasteiger partial charge in [-0.05, 0) is 38.5 Å². The summed E-state index contributed by atoms with van der Waals surface area (Å²) in [5, 5.41) is 8.51. The number of aliphatic hydroxyl groups is 1.